The van der Waals surface area contributed by atoms with E-state index in [-0.39, 0.29) is 0 Å². The fourth-order valence-corrected chi connectivity index (χ4v) is 3.12. The van der Waals surface area contributed by atoms with Gasteiger partial charge in [-0.05, 0) is 45.0 Å². The number of nitrogens with zero attached hydrogens (tertiary/aromatic N) is 1. The summed E-state index contributed by atoms with van der Waals surface area (Å²) in [4.78, 5) is 2.65. The topological polar surface area (TPSA) is 15.3 Å². The Labute approximate surface area is 111 Å². The van der Waals surface area contributed by atoms with Crippen LogP contribution in [0.4, 0.5) is 0 Å². The molecule has 1 aliphatic rings. The summed E-state index contributed by atoms with van der Waals surface area (Å²) in [6.07, 6.45) is 5.36. The minimum Gasteiger partial charge on any atom is -0.313 e. The molecule has 2 unspecified atom stereocenters. The number of nitrogens with one attached hydrogen (secondary N) is 1. The van der Waals surface area contributed by atoms with Crippen LogP contribution >= 0.6 is 0 Å². The van der Waals surface area contributed by atoms with Crippen molar-refractivity contribution in [1.29, 1.82) is 0 Å². The summed E-state index contributed by atoms with van der Waals surface area (Å²) in [7, 11) is 2.08. The molecule has 1 aromatic carbocycles. The Kier molecular flexibility index (Phi) is 5.21. The van der Waals surface area contributed by atoms with Crippen molar-refractivity contribution >= 4 is 0 Å². The van der Waals surface area contributed by atoms with Crippen molar-refractivity contribution in [3.8, 4) is 0 Å². The van der Waals surface area contributed by atoms with E-state index in [0.717, 1.165) is 6.04 Å². The standard InChI is InChI=1S/C16H26N2/c1-3-18-12-8-7-11-15(18)13-16(17-2)14-9-5-4-6-10-14/h4-6,9-10,15-17H,3,7-8,11-13H2,1-2H3. The Hall–Kier alpha value is -0.860. The molecule has 2 atom stereocenters. The van der Waals surface area contributed by atoms with Crippen LogP contribution < -0.4 is 5.32 Å². The fourth-order valence-electron chi connectivity index (χ4n) is 3.12. The zero-order valence-electron chi connectivity index (χ0n) is 11.7. The van der Waals surface area contributed by atoms with Crippen LogP contribution in [0, 0.1) is 0 Å². The smallest absolute Gasteiger partial charge is 0.0332 e. The van der Waals surface area contributed by atoms with Gasteiger partial charge in [0.1, 0.15) is 0 Å². The molecule has 18 heavy (non-hydrogen) atoms. The van der Waals surface area contributed by atoms with Crippen molar-refractivity contribution in [2.45, 2.75) is 44.7 Å². The monoisotopic (exact) mass is 246 g/mol. The van der Waals surface area contributed by atoms with Crippen LogP contribution in [0.15, 0.2) is 30.3 Å². The molecule has 2 rings (SSSR count). The zero-order valence-corrected chi connectivity index (χ0v) is 11.7. The summed E-state index contributed by atoms with van der Waals surface area (Å²) in [5, 5.41) is 3.48. The molecule has 1 saturated heterocycles. The molecule has 1 aromatic rings. The third-order valence-corrected chi connectivity index (χ3v) is 4.21. The van der Waals surface area contributed by atoms with Crippen molar-refractivity contribution in [2.75, 3.05) is 20.1 Å². The molecule has 2 heteroatoms. The van der Waals surface area contributed by atoms with Gasteiger partial charge in [-0.3, -0.25) is 0 Å². The Morgan fingerprint density at radius 3 is 2.72 bits per heavy atom. The van der Waals surface area contributed by atoms with Gasteiger partial charge < -0.3 is 10.2 Å². The van der Waals surface area contributed by atoms with Gasteiger partial charge in [0.15, 0.2) is 0 Å². The zero-order chi connectivity index (χ0) is 12.8. The molecular formula is C16H26N2. The highest BCUT2D eigenvalue weighted by Gasteiger charge is 2.24. The van der Waals surface area contributed by atoms with Crippen molar-refractivity contribution in [1.82, 2.24) is 10.2 Å². The predicted molar refractivity (Wildman–Crippen MR) is 77.7 cm³/mol. The molecule has 100 valence electrons. The maximum atomic E-state index is 3.48. The third kappa shape index (κ3) is 3.33. The largest absolute Gasteiger partial charge is 0.313 e. The Morgan fingerprint density at radius 1 is 1.28 bits per heavy atom. The number of rotatable bonds is 5. The molecule has 0 aromatic heterocycles. The highest BCUT2D eigenvalue weighted by atomic mass is 15.2. The first-order valence-corrected chi connectivity index (χ1v) is 7.31. The second kappa shape index (κ2) is 6.91. The number of likely N-dealkylation sites (tertiary alicyclic amines) is 1. The predicted octanol–water partition coefficient (Wildman–Crippen LogP) is 3.21. The lowest BCUT2D eigenvalue weighted by molar-refractivity contribution is 0.138. The molecule has 1 aliphatic heterocycles. The minimum atomic E-state index is 0.489. The first-order valence-electron chi connectivity index (χ1n) is 7.31. The van der Waals surface area contributed by atoms with E-state index in [1.807, 2.05) is 0 Å². The van der Waals surface area contributed by atoms with Crippen LogP contribution in [0.25, 0.3) is 0 Å². The number of piperidine rings is 1. The van der Waals surface area contributed by atoms with E-state index < -0.39 is 0 Å². The molecule has 0 radical (unpaired) electrons. The van der Waals surface area contributed by atoms with Gasteiger partial charge in [0, 0.05) is 12.1 Å². The van der Waals surface area contributed by atoms with Gasteiger partial charge in [0.25, 0.3) is 0 Å². The number of hydrogen-bond donors (Lipinski definition) is 1. The molecule has 1 fully saturated rings. The van der Waals surface area contributed by atoms with Crippen molar-refractivity contribution in [2.24, 2.45) is 0 Å². The van der Waals surface area contributed by atoms with Crippen LogP contribution in [-0.2, 0) is 0 Å². The lowest BCUT2D eigenvalue weighted by atomic mass is 9.92. The van der Waals surface area contributed by atoms with Gasteiger partial charge in [0.2, 0.25) is 0 Å². The van der Waals surface area contributed by atoms with Gasteiger partial charge >= 0.3 is 0 Å². The van der Waals surface area contributed by atoms with Crippen molar-refractivity contribution in [3.63, 3.8) is 0 Å². The van der Waals surface area contributed by atoms with E-state index in [4.69, 9.17) is 0 Å². The van der Waals surface area contributed by atoms with E-state index in [1.54, 1.807) is 0 Å². The third-order valence-electron chi connectivity index (χ3n) is 4.21. The summed E-state index contributed by atoms with van der Waals surface area (Å²) < 4.78 is 0. The van der Waals surface area contributed by atoms with E-state index >= 15 is 0 Å². The molecular weight excluding hydrogens is 220 g/mol. The second-order valence-corrected chi connectivity index (χ2v) is 5.27. The lowest BCUT2D eigenvalue weighted by Crippen LogP contribution is -2.41. The van der Waals surface area contributed by atoms with Crippen molar-refractivity contribution < 1.29 is 0 Å². The molecule has 0 spiro atoms. The average Bonchev–Trinajstić information content (AvgIpc) is 2.46. The summed E-state index contributed by atoms with van der Waals surface area (Å²) in [5.41, 5.74) is 1.42. The van der Waals surface area contributed by atoms with Crippen LogP contribution in [-0.4, -0.2) is 31.1 Å². The van der Waals surface area contributed by atoms with Crippen LogP contribution in [0.2, 0.25) is 0 Å². The van der Waals surface area contributed by atoms with Gasteiger partial charge in [-0.1, -0.05) is 43.7 Å². The van der Waals surface area contributed by atoms with E-state index in [9.17, 15) is 0 Å². The van der Waals surface area contributed by atoms with Crippen LogP contribution in [0.3, 0.4) is 0 Å². The SMILES string of the molecule is CCN1CCCCC1CC(NC)c1ccccc1. The van der Waals surface area contributed by atoms with Crippen LogP contribution in [0.1, 0.15) is 44.2 Å². The molecule has 0 amide bonds. The van der Waals surface area contributed by atoms with Gasteiger partial charge in [-0.15, -0.1) is 0 Å². The Balaban J connectivity index is 2.01. The Bertz CT molecular complexity index is 336. The quantitative estimate of drug-likeness (QED) is 0.858. The molecule has 1 heterocycles. The summed E-state index contributed by atoms with van der Waals surface area (Å²) in [6.45, 7) is 4.76. The summed E-state index contributed by atoms with van der Waals surface area (Å²) in [6, 6.07) is 12.1. The maximum absolute atomic E-state index is 3.48. The van der Waals surface area contributed by atoms with Gasteiger partial charge in [-0.2, -0.15) is 0 Å². The van der Waals surface area contributed by atoms with Crippen molar-refractivity contribution in [3.05, 3.63) is 35.9 Å². The van der Waals surface area contributed by atoms with Gasteiger partial charge in [0.05, 0.1) is 0 Å². The molecule has 0 bridgehead atoms. The summed E-state index contributed by atoms with van der Waals surface area (Å²) >= 11 is 0. The minimum absolute atomic E-state index is 0.489. The first-order chi connectivity index (χ1) is 8.85. The van der Waals surface area contributed by atoms with E-state index in [1.165, 1.54) is 44.3 Å². The second-order valence-electron chi connectivity index (χ2n) is 5.27. The van der Waals surface area contributed by atoms with Gasteiger partial charge in [-0.25, -0.2) is 0 Å². The number of hydrogen-bond acceptors (Lipinski definition) is 2. The molecule has 1 N–H and O–H groups in total. The number of benzene rings is 1. The first kappa shape index (κ1) is 13.6. The highest BCUT2D eigenvalue weighted by molar-refractivity contribution is 5.19. The molecule has 0 aliphatic carbocycles. The molecule has 2 nitrogen and oxygen atoms in total. The van der Waals surface area contributed by atoms with E-state index in [0.29, 0.717) is 6.04 Å². The van der Waals surface area contributed by atoms with E-state index in [2.05, 4.69) is 54.5 Å². The fraction of sp³-hybridized carbons (Fsp3) is 0.625. The normalized spacial score (nSPS) is 22.9. The molecule has 0 saturated carbocycles. The van der Waals surface area contributed by atoms with Crippen LogP contribution in [0.5, 0.6) is 0 Å². The summed E-state index contributed by atoms with van der Waals surface area (Å²) in [5.74, 6) is 0. The Morgan fingerprint density at radius 2 is 2.06 bits per heavy atom. The average molecular weight is 246 g/mol. The lowest BCUT2D eigenvalue weighted by Gasteiger charge is -2.37. The highest BCUT2D eigenvalue weighted by Crippen LogP contribution is 2.26. The maximum Gasteiger partial charge on any atom is 0.0332 e.